The molecular formula is C15H18N2O4. The summed E-state index contributed by atoms with van der Waals surface area (Å²) in [6, 6.07) is 4.61. The number of hydrogen-bond donors (Lipinski definition) is 2. The molecule has 1 aliphatic heterocycles. The number of aryl methyl sites for hydroxylation is 1. The number of hydrogen-bond acceptors (Lipinski definition) is 4. The predicted octanol–water partition coefficient (Wildman–Crippen LogP) is 1.80. The van der Waals surface area contributed by atoms with Crippen molar-refractivity contribution in [3.05, 3.63) is 40.6 Å². The molecule has 2 N–H and O–H groups in total. The number of benzene rings is 1. The molecule has 1 atom stereocenters. The number of carbonyl (C=O) groups excluding carboxylic acids is 2. The molecule has 0 saturated heterocycles. The summed E-state index contributed by atoms with van der Waals surface area (Å²) in [5.41, 5.74) is 2.55. The largest absolute Gasteiger partial charge is 0.496 e. The van der Waals surface area contributed by atoms with Crippen LogP contribution in [0.1, 0.15) is 24.1 Å². The fraction of sp³-hybridized carbons (Fsp3) is 0.333. The van der Waals surface area contributed by atoms with Gasteiger partial charge in [-0.1, -0.05) is 11.6 Å². The molecule has 1 aliphatic rings. The highest BCUT2D eigenvalue weighted by atomic mass is 16.5. The Bertz CT molecular complexity index is 622. The van der Waals surface area contributed by atoms with Gasteiger partial charge >= 0.3 is 12.0 Å². The van der Waals surface area contributed by atoms with Crippen LogP contribution in [0.15, 0.2) is 29.5 Å². The zero-order valence-electron chi connectivity index (χ0n) is 12.4. The first-order valence-electron chi connectivity index (χ1n) is 6.49. The van der Waals surface area contributed by atoms with E-state index >= 15 is 0 Å². The molecule has 0 radical (unpaired) electrons. The zero-order valence-corrected chi connectivity index (χ0v) is 12.4. The first kappa shape index (κ1) is 14.9. The first-order valence-corrected chi connectivity index (χ1v) is 6.49. The highest BCUT2D eigenvalue weighted by molar-refractivity contribution is 5.95. The Morgan fingerprint density at radius 3 is 2.57 bits per heavy atom. The molecule has 0 bridgehead atoms. The van der Waals surface area contributed by atoms with Crippen LogP contribution in [0.2, 0.25) is 0 Å². The van der Waals surface area contributed by atoms with Crippen molar-refractivity contribution in [2.75, 3.05) is 14.2 Å². The number of esters is 1. The molecule has 1 unspecified atom stereocenters. The molecule has 6 nitrogen and oxygen atoms in total. The molecule has 0 spiro atoms. The second kappa shape index (κ2) is 5.87. The lowest BCUT2D eigenvalue weighted by Crippen LogP contribution is -2.45. The monoisotopic (exact) mass is 290 g/mol. The third-order valence-corrected chi connectivity index (χ3v) is 3.37. The lowest BCUT2D eigenvalue weighted by molar-refractivity contribution is -0.136. The van der Waals surface area contributed by atoms with Crippen molar-refractivity contribution in [3.63, 3.8) is 0 Å². The summed E-state index contributed by atoms with van der Waals surface area (Å²) < 4.78 is 10.2. The van der Waals surface area contributed by atoms with Gasteiger partial charge in [-0.25, -0.2) is 9.59 Å². The van der Waals surface area contributed by atoms with Gasteiger partial charge in [-0.3, -0.25) is 0 Å². The van der Waals surface area contributed by atoms with Gasteiger partial charge in [0.15, 0.2) is 0 Å². The number of rotatable bonds is 3. The minimum atomic E-state index is -0.610. The highest BCUT2D eigenvalue weighted by Crippen LogP contribution is 2.34. The zero-order chi connectivity index (χ0) is 15.6. The summed E-state index contributed by atoms with van der Waals surface area (Å²) in [5, 5.41) is 5.33. The Morgan fingerprint density at radius 1 is 1.24 bits per heavy atom. The summed E-state index contributed by atoms with van der Waals surface area (Å²) in [5.74, 6) is 0.107. The fourth-order valence-corrected chi connectivity index (χ4v) is 2.39. The maximum absolute atomic E-state index is 12.0. The number of ether oxygens (including phenoxy) is 2. The van der Waals surface area contributed by atoms with E-state index < -0.39 is 12.0 Å². The standard InChI is InChI=1S/C15H18N2O4/c1-8-5-6-11(20-3)10(7-8)13-12(14(18)21-4)9(2)16-15(19)17-13/h5-7,13H,1-4H3,(H2,16,17,19). The second-order valence-electron chi connectivity index (χ2n) is 4.81. The summed E-state index contributed by atoms with van der Waals surface area (Å²) >= 11 is 0. The molecule has 1 aromatic carbocycles. The smallest absolute Gasteiger partial charge is 0.337 e. The molecule has 6 heteroatoms. The van der Waals surface area contributed by atoms with Crippen molar-refractivity contribution in [2.45, 2.75) is 19.9 Å². The number of amides is 2. The van der Waals surface area contributed by atoms with Gasteiger partial charge in [-0.15, -0.1) is 0 Å². The van der Waals surface area contributed by atoms with Crippen LogP contribution in [0.25, 0.3) is 0 Å². The molecule has 0 saturated carbocycles. The molecule has 0 aliphatic carbocycles. The normalized spacial score (nSPS) is 17.9. The SMILES string of the molecule is COC(=O)C1=C(C)NC(=O)NC1c1cc(C)ccc1OC. The minimum Gasteiger partial charge on any atom is -0.496 e. The Hall–Kier alpha value is -2.50. The van der Waals surface area contributed by atoms with Crippen LogP contribution in [0, 0.1) is 6.92 Å². The van der Waals surface area contributed by atoms with Crippen molar-refractivity contribution < 1.29 is 19.1 Å². The van der Waals surface area contributed by atoms with Crippen molar-refractivity contribution in [3.8, 4) is 5.75 Å². The maximum atomic E-state index is 12.0. The lowest BCUT2D eigenvalue weighted by Gasteiger charge is -2.29. The number of carbonyl (C=O) groups is 2. The van der Waals surface area contributed by atoms with Crippen LogP contribution >= 0.6 is 0 Å². The van der Waals surface area contributed by atoms with E-state index in [2.05, 4.69) is 10.6 Å². The molecule has 1 aromatic rings. The van der Waals surface area contributed by atoms with Gasteiger partial charge in [-0.2, -0.15) is 0 Å². The summed E-state index contributed by atoms with van der Waals surface area (Å²) in [6.07, 6.45) is 0. The summed E-state index contributed by atoms with van der Waals surface area (Å²) in [6.45, 7) is 3.60. The molecular weight excluding hydrogens is 272 g/mol. The quantitative estimate of drug-likeness (QED) is 0.832. The third-order valence-electron chi connectivity index (χ3n) is 3.37. The Balaban J connectivity index is 2.59. The lowest BCUT2D eigenvalue weighted by atomic mass is 9.93. The Morgan fingerprint density at radius 2 is 1.95 bits per heavy atom. The number of allylic oxidation sites excluding steroid dienone is 1. The average Bonchev–Trinajstić information content (AvgIpc) is 2.45. The van der Waals surface area contributed by atoms with E-state index in [1.54, 1.807) is 14.0 Å². The van der Waals surface area contributed by atoms with Crippen molar-refractivity contribution >= 4 is 12.0 Å². The molecule has 2 amide bonds. The molecule has 0 fully saturated rings. The minimum absolute atomic E-state index is 0.362. The average molecular weight is 290 g/mol. The maximum Gasteiger partial charge on any atom is 0.337 e. The van der Waals surface area contributed by atoms with Crippen LogP contribution in [0.5, 0.6) is 5.75 Å². The fourth-order valence-electron chi connectivity index (χ4n) is 2.39. The highest BCUT2D eigenvalue weighted by Gasteiger charge is 2.33. The van der Waals surface area contributed by atoms with E-state index in [-0.39, 0.29) is 6.03 Å². The number of methoxy groups -OCH3 is 2. The van der Waals surface area contributed by atoms with E-state index in [0.717, 1.165) is 5.56 Å². The van der Waals surface area contributed by atoms with Gasteiger partial charge in [-0.05, 0) is 26.0 Å². The van der Waals surface area contributed by atoms with Gasteiger partial charge in [0.2, 0.25) is 0 Å². The number of urea groups is 1. The van der Waals surface area contributed by atoms with Gasteiger partial charge in [0, 0.05) is 11.3 Å². The topological polar surface area (TPSA) is 76.7 Å². The third kappa shape index (κ3) is 2.84. The van der Waals surface area contributed by atoms with E-state index in [0.29, 0.717) is 22.6 Å². The molecule has 112 valence electrons. The van der Waals surface area contributed by atoms with Crippen LogP contribution in [0.4, 0.5) is 4.79 Å². The first-order chi connectivity index (χ1) is 9.97. The second-order valence-corrected chi connectivity index (χ2v) is 4.81. The van der Waals surface area contributed by atoms with Gasteiger partial charge in [0.25, 0.3) is 0 Å². The number of nitrogens with one attached hydrogen (secondary N) is 2. The van der Waals surface area contributed by atoms with Gasteiger partial charge < -0.3 is 20.1 Å². The molecule has 21 heavy (non-hydrogen) atoms. The van der Waals surface area contributed by atoms with Crippen LogP contribution < -0.4 is 15.4 Å². The van der Waals surface area contributed by atoms with E-state index in [9.17, 15) is 9.59 Å². The van der Waals surface area contributed by atoms with Crippen molar-refractivity contribution in [1.82, 2.24) is 10.6 Å². The summed E-state index contributed by atoms with van der Waals surface area (Å²) in [4.78, 5) is 23.8. The van der Waals surface area contributed by atoms with Crippen molar-refractivity contribution in [2.24, 2.45) is 0 Å². The molecule has 2 rings (SSSR count). The summed E-state index contributed by atoms with van der Waals surface area (Å²) in [7, 11) is 2.86. The van der Waals surface area contributed by atoms with E-state index in [1.165, 1.54) is 7.11 Å². The van der Waals surface area contributed by atoms with Crippen LogP contribution in [0.3, 0.4) is 0 Å². The predicted molar refractivity (Wildman–Crippen MR) is 76.9 cm³/mol. The van der Waals surface area contributed by atoms with Crippen LogP contribution in [-0.2, 0) is 9.53 Å². The molecule has 0 aromatic heterocycles. The molecule has 1 heterocycles. The van der Waals surface area contributed by atoms with Gasteiger partial charge in [0.05, 0.1) is 25.8 Å². The Labute approximate surface area is 123 Å². The Kier molecular flexibility index (Phi) is 4.16. The van der Waals surface area contributed by atoms with E-state index in [4.69, 9.17) is 9.47 Å². The van der Waals surface area contributed by atoms with E-state index in [1.807, 2.05) is 25.1 Å². The van der Waals surface area contributed by atoms with Crippen LogP contribution in [-0.4, -0.2) is 26.2 Å². The van der Waals surface area contributed by atoms with Gasteiger partial charge in [0.1, 0.15) is 5.75 Å². The van der Waals surface area contributed by atoms with Crippen molar-refractivity contribution in [1.29, 1.82) is 0 Å².